The van der Waals surface area contributed by atoms with Gasteiger partial charge in [0, 0.05) is 25.9 Å². The number of nitrogens with zero attached hydrogens (tertiary/aromatic N) is 3. The van der Waals surface area contributed by atoms with E-state index in [1.807, 2.05) is 6.07 Å². The molecule has 2 N–H and O–H groups in total. The van der Waals surface area contributed by atoms with Crippen LogP contribution < -0.4 is 5.73 Å². The largest absolute Gasteiger partial charge is 0.377 e. The van der Waals surface area contributed by atoms with E-state index in [9.17, 15) is 0 Å². The van der Waals surface area contributed by atoms with Crippen molar-refractivity contribution in [1.82, 2.24) is 14.9 Å². The Morgan fingerprint density at radius 1 is 1.56 bits per heavy atom. The standard InChI is InChI=1S/C13H22N4O/c1-17(9-11-4-2-3-7-18-11)13(8-14)12-5-6-15-10-16-12/h5-6,10-11,13H,2-4,7-9,14H2,1H3. The molecule has 1 saturated heterocycles. The number of aromatic nitrogens is 2. The minimum atomic E-state index is 0.138. The van der Waals surface area contributed by atoms with Gasteiger partial charge < -0.3 is 10.5 Å². The van der Waals surface area contributed by atoms with Crippen LogP contribution in [0.4, 0.5) is 0 Å². The third kappa shape index (κ3) is 3.48. The van der Waals surface area contributed by atoms with Gasteiger partial charge in [-0.05, 0) is 32.4 Å². The van der Waals surface area contributed by atoms with E-state index in [-0.39, 0.29) is 6.04 Å². The average molecular weight is 250 g/mol. The molecule has 1 aromatic heterocycles. The van der Waals surface area contributed by atoms with E-state index in [0.29, 0.717) is 12.6 Å². The predicted octanol–water partition coefficient (Wildman–Crippen LogP) is 0.977. The number of hydrogen-bond acceptors (Lipinski definition) is 5. The SMILES string of the molecule is CN(CC1CCCCO1)C(CN)c1ccncn1. The molecule has 1 aromatic rings. The van der Waals surface area contributed by atoms with Crippen molar-refractivity contribution in [2.45, 2.75) is 31.4 Å². The fraction of sp³-hybridized carbons (Fsp3) is 0.692. The fourth-order valence-corrected chi connectivity index (χ4v) is 2.42. The summed E-state index contributed by atoms with van der Waals surface area (Å²) in [6.45, 7) is 2.35. The summed E-state index contributed by atoms with van der Waals surface area (Å²) in [4.78, 5) is 10.5. The molecule has 2 unspecified atom stereocenters. The Bertz CT molecular complexity index is 340. The summed E-state index contributed by atoms with van der Waals surface area (Å²) in [7, 11) is 2.08. The minimum absolute atomic E-state index is 0.138. The number of rotatable bonds is 5. The highest BCUT2D eigenvalue weighted by molar-refractivity contribution is 5.05. The second kappa shape index (κ2) is 6.78. The molecule has 1 fully saturated rings. The predicted molar refractivity (Wildman–Crippen MR) is 70.0 cm³/mol. The van der Waals surface area contributed by atoms with Gasteiger partial charge in [0.05, 0.1) is 17.8 Å². The van der Waals surface area contributed by atoms with Crippen molar-refractivity contribution in [3.05, 3.63) is 24.3 Å². The van der Waals surface area contributed by atoms with Gasteiger partial charge in [-0.25, -0.2) is 9.97 Å². The molecule has 18 heavy (non-hydrogen) atoms. The van der Waals surface area contributed by atoms with Gasteiger partial charge in [0.25, 0.3) is 0 Å². The zero-order chi connectivity index (χ0) is 12.8. The number of nitrogens with two attached hydrogens (primary N) is 1. The average Bonchev–Trinajstić information content (AvgIpc) is 2.42. The normalized spacial score (nSPS) is 22.1. The first-order valence-corrected chi connectivity index (χ1v) is 6.59. The summed E-state index contributed by atoms with van der Waals surface area (Å²) in [5.41, 5.74) is 6.85. The summed E-state index contributed by atoms with van der Waals surface area (Å²) < 4.78 is 5.76. The molecule has 0 radical (unpaired) electrons. The molecule has 1 aliphatic heterocycles. The lowest BCUT2D eigenvalue weighted by Gasteiger charge is -2.31. The maximum Gasteiger partial charge on any atom is 0.115 e. The van der Waals surface area contributed by atoms with Gasteiger partial charge in [0.15, 0.2) is 0 Å². The van der Waals surface area contributed by atoms with Gasteiger partial charge in [-0.15, -0.1) is 0 Å². The molecule has 5 heteroatoms. The minimum Gasteiger partial charge on any atom is -0.377 e. The van der Waals surface area contributed by atoms with Gasteiger partial charge in [0.2, 0.25) is 0 Å². The monoisotopic (exact) mass is 250 g/mol. The van der Waals surface area contributed by atoms with Crippen LogP contribution in [0.25, 0.3) is 0 Å². The van der Waals surface area contributed by atoms with Crippen LogP contribution >= 0.6 is 0 Å². The Hall–Kier alpha value is -1.04. The quantitative estimate of drug-likeness (QED) is 0.844. The van der Waals surface area contributed by atoms with Crippen molar-refractivity contribution >= 4 is 0 Å². The van der Waals surface area contributed by atoms with Gasteiger partial charge in [0.1, 0.15) is 6.33 Å². The Morgan fingerprint density at radius 3 is 3.06 bits per heavy atom. The van der Waals surface area contributed by atoms with E-state index in [4.69, 9.17) is 10.5 Å². The topological polar surface area (TPSA) is 64.3 Å². The van der Waals surface area contributed by atoms with E-state index in [1.54, 1.807) is 12.5 Å². The van der Waals surface area contributed by atoms with Crippen LogP contribution in [0.15, 0.2) is 18.6 Å². The highest BCUT2D eigenvalue weighted by Crippen LogP contribution is 2.19. The molecule has 2 atom stereocenters. The fourth-order valence-electron chi connectivity index (χ4n) is 2.42. The first kappa shape index (κ1) is 13.4. The second-order valence-corrected chi connectivity index (χ2v) is 4.81. The number of likely N-dealkylation sites (N-methyl/N-ethyl adjacent to an activating group) is 1. The Kier molecular flexibility index (Phi) is 5.04. The van der Waals surface area contributed by atoms with Gasteiger partial charge in [-0.3, -0.25) is 4.90 Å². The van der Waals surface area contributed by atoms with Crippen LogP contribution in [0, 0.1) is 0 Å². The third-order valence-corrected chi connectivity index (χ3v) is 3.47. The van der Waals surface area contributed by atoms with Crippen molar-refractivity contribution in [2.24, 2.45) is 5.73 Å². The molecule has 0 aromatic carbocycles. The third-order valence-electron chi connectivity index (χ3n) is 3.47. The Labute approximate surface area is 108 Å². The first-order valence-electron chi connectivity index (χ1n) is 6.59. The van der Waals surface area contributed by atoms with Crippen molar-refractivity contribution in [2.75, 3.05) is 26.7 Å². The van der Waals surface area contributed by atoms with Crippen LogP contribution in [0.3, 0.4) is 0 Å². The highest BCUT2D eigenvalue weighted by atomic mass is 16.5. The van der Waals surface area contributed by atoms with E-state index >= 15 is 0 Å². The molecule has 2 heterocycles. The van der Waals surface area contributed by atoms with Gasteiger partial charge >= 0.3 is 0 Å². The lowest BCUT2D eigenvalue weighted by atomic mass is 10.1. The number of hydrogen-bond donors (Lipinski definition) is 1. The zero-order valence-corrected chi connectivity index (χ0v) is 11.0. The van der Waals surface area contributed by atoms with Crippen LogP contribution in [-0.2, 0) is 4.74 Å². The molecular weight excluding hydrogens is 228 g/mol. The lowest BCUT2D eigenvalue weighted by molar-refractivity contribution is -0.00805. The number of ether oxygens (including phenoxy) is 1. The van der Waals surface area contributed by atoms with Crippen LogP contribution in [0.1, 0.15) is 31.0 Å². The van der Waals surface area contributed by atoms with Gasteiger partial charge in [-0.1, -0.05) is 0 Å². The van der Waals surface area contributed by atoms with E-state index in [2.05, 4.69) is 21.9 Å². The molecule has 1 aliphatic rings. The first-order chi connectivity index (χ1) is 8.81. The summed E-state index contributed by atoms with van der Waals surface area (Å²) in [6, 6.07) is 2.06. The maximum absolute atomic E-state index is 5.87. The summed E-state index contributed by atoms with van der Waals surface area (Å²) in [6.07, 6.45) is 7.26. The molecule has 100 valence electrons. The molecule has 0 amide bonds. The van der Waals surface area contributed by atoms with Gasteiger partial charge in [-0.2, -0.15) is 0 Å². The lowest BCUT2D eigenvalue weighted by Crippen LogP contribution is -2.38. The van der Waals surface area contributed by atoms with Crippen LogP contribution in [0.5, 0.6) is 0 Å². The Balaban J connectivity index is 1.94. The summed E-state index contributed by atoms with van der Waals surface area (Å²) in [5.74, 6) is 0. The molecule has 0 bridgehead atoms. The van der Waals surface area contributed by atoms with E-state index < -0.39 is 0 Å². The summed E-state index contributed by atoms with van der Waals surface area (Å²) in [5, 5.41) is 0. The summed E-state index contributed by atoms with van der Waals surface area (Å²) >= 11 is 0. The van der Waals surface area contributed by atoms with Crippen LogP contribution in [-0.4, -0.2) is 47.7 Å². The smallest absolute Gasteiger partial charge is 0.115 e. The molecule has 0 aliphatic carbocycles. The molecule has 0 saturated carbocycles. The second-order valence-electron chi connectivity index (χ2n) is 4.81. The zero-order valence-electron chi connectivity index (χ0n) is 11.0. The van der Waals surface area contributed by atoms with Crippen molar-refractivity contribution in [3.8, 4) is 0 Å². The van der Waals surface area contributed by atoms with Crippen molar-refractivity contribution in [1.29, 1.82) is 0 Å². The highest BCUT2D eigenvalue weighted by Gasteiger charge is 2.22. The van der Waals surface area contributed by atoms with E-state index in [0.717, 1.165) is 25.3 Å². The van der Waals surface area contributed by atoms with E-state index in [1.165, 1.54) is 12.8 Å². The molecule has 0 spiro atoms. The van der Waals surface area contributed by atoms with Crippen molar-refractivity contribution in [3.63, 3.8) is 0 Å². The van der Waals surface area contributed by atoms with Crippen LogP contribution in [0.2, 0.25) is 0 Å². The molecule has 2 rings (SSSR count). The Morgan fingerprint density at radius 2 is 2.44 bits per heavy atom. The maximum atomic E-state index is 5.87. The molecular formula is C13H22N4O. The molecule has 5 nitrogen and oxygen atoms in total. The van der Waals surface area contributed by atoms with Crippen molar-refractivity contribution < 1.29 is 4.74 Å².